The summed E-state index contributed by atoms with van der Waals surface area (Å²) in [6.07, 6.45) is 15.9. The fourth-order valence-corrected chi connectivity index (χ4v) is 7.39. The zero-order valence-corrected chi connectivity index (χ0v) is 32.4. The third kappa shape index (κ3) is 12.2. The van der Waals surface area contributed by atoms with E-state index >= 15 is 0 Å². The van der Waals surface area contributed by atoms with E-state index in [4.69, 9.17) is 9.47 Å². The summed E-state index contributed by atoms with van der Waals surface area (Å²) < 4.78 is 11.6. The van der Waals surface area contributed by atoms with Crippen molar-refractivity contribution < 1.29 is 19.4 Å². The molecule has 0 bridgehead atoms. The summed E-state index contributed by atoms with van der Waals surface area (Å²) in [6.45, 7) is 16.1. The van der Waals surface area contributed by atoms with Crippen LogP contribution in [0.2, 0.25) is 0 Å². The first-order valence-electron chi connectivity index (χ1n) is 19.7. The van der Waals surface area contributed by atoms with Gasteiger partial charge in [-0.3, -0.25) is 4.79 Å². The van der Waals surface area contributed by atoms with Crippen molar-refractivity contribution in [1.82, 2.24) is 0 Å². The Hall–Kier alpha value is -3.27. The van der Waals surface area contributed by atoms with Gasteiger partial charge in [0.25, 0.3) is 0 Å². The molecule has 1 aliphatic rings. The number of hydrogen-bond donors (Lipinski definition) is 1. The lowest BCUT2D eigenvalue weighted by Gasteiger charge is -2.29. The van der Waals surface area contributed by atoms with Gasteiger partial charge in [-0.05, 0) is 126 Å². The number of benzene rings is 3. The maximum Gasteiger partial charge on any atom is 0.306 e. The van der Waals surface area contributed by atoms with Crippen molar-refractivity contribution in [3.8, 4) is 22.6 Å². The number of ether oxygens (including phenoxy) is 2. The second kappa shape index (κ2) is 18.8. The van der Waals surface area contributed by atoms with Crippen molar-refractivity contribution in [1.29, 1.82) is 0 Å². The molecule has 3 aromatic carbocycles. The van der Waals surface area contributed by atoms with Gasteiger partial charge in [0, 0.05) is 6.42 Å². The van der Waals surface area contributed by atoms with Crippen LogP contribution in [0.1, 0.15) is 160 Å². The number of hydrogen-bond acceptors (Lipinski definition) is 4. The van der Waals surface area contributed by atoms with Crippen molar-refractivity contribution in [2.45, 2.75) is 155 Å². The predicted octanol–water partition coefficient (Wildman–Crippen LogP) is 12.6. The van der Waals surface area contributed by atoms with Crippen molar-refractivity contribution in [3.63, 3.8) is 0 Å². The monoisotopic (exact) mass is 682 g/mol. The molecule has 0 saturated heterocycles. The summed E-state index contributed by atoms with van der Waals surface area (Å²) in [6, 6.07) is 21.9. The summed E-state index contributed by atoms with van der Waals surface area (Å²) in [5, 5.41) is 11.0. The Morgan fingerprint density at radius 2 is 1.28 bits per heavy atom. The zero-order valence-electron chi connectivity index (χ0n) is 32.4. The first kappa shape index (κ1) is 39.5. The molecule has 0 spiro atoms. The minimum atomic E-state index is -0.185. The van der Waals surface area contributed by atoms with Crippen molar-refractivity contribution in [2.75, 3.05) is 13.2 Å². The average Bonchev–Trinajstić information content (AvgIpc) is 3.08. The number of esters is 1. The topological polar surface area (TPSA) is 55.8 Å². The fraction of sp³-hybridized carbons (Fsp3) is 0.587. The van der Waals surface area contributed by atoms with Crippen LogP contribution in [0.3, 0.4) is 0 Å². The lowest BCUT2D eigenvalue weighted by Crippen LogP contribution is -2.18. The Kier molecular flexibility index (Phi) is 14.9. The largest absolute Gasteiger partial charge is 0.507 e. The molecule has 4 nitrogen and oxygen atoms in total. The van der Waals surface area contributed by atoms with Gasteiger partial charge in [0.15, 0.2) is 0 Å². The van der Waals surface area contributed by atoms with Gasteiger partial charge in [0.2, 0.25) is 0 Å². The highest BCUT2D eigenvalue weighted by atomic mass is 16.5. The van der Waals surface area contributed by atoms with Gasteiger partial charge >= 0.3 is 5.97 Å². The van der Waals surface area contributed by atoms with E-state index in [0.29, 0.717) is 31.8 Å². The van der Waals surface area contributed by atoms with E-state index in [1.165, 1.54) is 68.1 Å². The summed E-state index contributed by atoms with van der Waals surface area (Å²) in [5.74, 6) is 2.80. The van der Waals surface area contributed by atoms with Gasteiger partial charge in [-0.2, -0.15) is 0 Å². The third-order valence-electron chi connectivity index (χ3n) is 10.6. The Morgan fingerprint density at radius 1 is 0.720 bits per heavy atom. The molecule has 0 heterocycles. The number of carbonyl (C=O) groups is 1. The highest BCUT2D eigenvalue weighted by molar-refractivity contribution is 5.70. The molecule has 0 atom stereocenters. The number of phenolic OH excluding ortho intramolecular Hbond substituents is 1. The van der Waals surface area contributed by atoms with Gasteiger partial charge in [-0.25, -0.2) is 0 Å². The molecule has 274 valence electrons. The lowest BCUT2D eigenvalue weighted by atomic mass is 9.77. The Bertz CT molecular complexity index is 1410. The molecular formula is C46H66O4. The molecule has 0 unspecified atom stereocenters. The minimum Gasteiger partial charge on any atom is -0.507 e. The maximum absolute atomic E-state index is 12.5. The molecule has 50 heavy (non-hydrogen) atoms. The molecule has 1 fully saturated rings. The summed E-state index contributed by atoms with van der Waals surface area (Å²) >= 11 is 0. The van der Waals surface area contributed by atoms with E-state index in [0.717, 1.165) is 60.0 Å². The standard InChI is InChI=1S/C46H66O4/c1-8-9-12-15-34-16-19-36(20-17-34)37-21-23-38(24-22-37)39-25-27-40(28-26-39)49-30-13-10-11-14-31-50-43(47)29-18-35-32-41(45(2,3)4)44(48)42(33-35)46(5,6)7/h21-28,32-34,36,48H,8-20,29-31H2,1-7H3. The molecule has 1 N–H and O–H groups in total. The van der Waals surface area contributed by atoms with Crippen LogP contribution in [-0.2, 0) is 26.8 Å². The number of unbranched alkanes of at least 4 members (excludes halogenated alkanes) is 5. The Labute approximate surface area is 304 Å². The molecule has 4 heteroatoms. The highest BCUT2D eigenvalue weighted by Crippen LogP contribution is 2.40. The van der Waals surface area contributed by atoms with E-state index in [1.54, 1.807) is 0 Å². The molecule has 3 aromatic rings. The van der Waals surface area contributed by atoms with E-state index < -0.39 is 0 Å². The first-order valence-corrected chi connectivity index (χ1v) is 19.7. The van der Waals surface area contributed by atoms with E-state index in [1.807, 2.05) is 12.1 Å². The maximum atomic E-state index is 12.5. The van der Waals surface area contributed by atoms with Crippen LogP contribution in [0.5, 0.6) is 11.5 Å². The van der Waals surface area contributed by atoms with Crippen LogP contribution in [0.4, 0.5) is 0 Å². The van der Waals surface area contributed by atoms with Crippen molar-refractivity contribution in [2.24, 2.45) is 5.92 Å². The first-order chi connectivity index (χ1) is 23.8. The van der Waals surface area contributed by atoms with Crippen molar-refractivity contribution >= 4 is 5.97 Å². The smallest absolute Gasteiger partial charge is 0.306 e. The summed E-state index contributed by atoms with van der Waals surface area (Å²) in [7, 11) is 0. The second-order valence-corrected chi connectivity index (χ2v) is 16.9. The van der Waals surface area contributed by atoms with Gasteiger partial charge < -0.3 is 14.6 Å². The highest BCUT2D eigenvalue weighted by Gasteiger charge is 2.27. The predicted molar refractivity (Wildman–Crippen MR) is 209 cm³/mol. The minimum absolute atomic E-state index is 0.161. The Balaban J connectivity index is 1.09. The molecule has 0 aliphatic heterocycles. The van der Waals surface area contributed by atoms with Crippen LogP contribution in [0, 0.1) is 5.92 Å². The van der Waals surface area contributed by atoms with Crippen LogP contribution in [0.15, 0.2) is 60.7 Å². The molecule has 4 rings (SSSR count). The zero-order chi connectivity index (χ0) is 36.1. The SMILES string of the molecule is CCCCCC1CCC(c2ccc(-c3ccc(OCCCCCCOC(=O)CCc4cc(C(C)(C)C)c(O)c(C(C)(C)C)c4)cc3)cc2)CC1. The summed E-state index contributed by atoms with van der Waals surface area (Å²) in [5.41, 5.74) is 6.55. The molecule has 0 amide bonds. The van der Waals surface area contributed by atoms with Crippen molar-refractivity contribution in [3.05, 3.63) is 82.9 Å². The van der Waals surface area contributed by atoms with Crippen LogP contribution in [0.25, 0.3) is 11.1 Å². The molecule has 1 saturated carbocycles. The number of aryl methyl sites for hydroxylation is 1. The molecule has 0 radical (unpaired) electrons. The molecule has 0 aromatic heterocycles. The summed E-state index contributed by atoms with van der Waals surface area (Å²) in [4.78, 5) is 12.5. The van der Waals surface area contributed by atoms with Gasteiger partial charge in [0.1, 0.15) is 11.5 Å². The van der Waals surface area contributed by atoms with E-state index in [2.05, 4.69) is 97.0 Å². The number of phenols is 1. The Morgan fingerprint density at radius 3 is 1.84 bits per heavy atom. The number of carbonyl (C=O) groups excluding carboxylic acids is 1. The van der Waals surface area contributed by atoms with Crippen LogP contribution in [-0.4, -0.2) is 24.3 Å². The molecular weight excluding hydrogens is 617 g/mol. The lowest BCUT2D eigenvalue weighted by molar-refractivity contribution is -0.143. The average molecular weight is 683 g/mol. The normalized spacial score (nSPS) is 16.7. The van der Waals surface area contributed by atoms with E-state index in [-0.39, 0.29) is 16.8 Å². The fourth-order valence-electron chi connectivity index (χ4n) is 7.39. The van der Waals surface area contributed by atoms with Crippen LogP contribution < -0.4 is 4.74 Å². The number of aromatic hydroxyl groups is 1. The second-order valence-electron chi connectivity index (χ2n) is 16.9. The van der Waals surface area contributed by atoms with Crippen LogP contribution >= 0.6 is 0 Å². The van der Waals surface area contributed by atoms with Gasteiger partial charge in [-0.15, -0.1) is 0 Å². The van der Waals surface area contributed by atoms with Gasteiger partial charge in [-0.1, -0.05) is 123 Å². The third-order valence-corrected chi connectivity index (χ3v) is 10.6. The molecule has 1 aliphatic carbocycles. The van der Waals surface area contributed by atoms with E-state index in [9.17, 15) is 9.90 Å². The number of rotatable bonds is 17. The van der Waals surface area contributed by atoms with Gasteiger partial charge in [0.05, 0.1) is 13.2 Å². The quantitative estimate of drug-likeness (QED) is 0.114.